The molecule has 4 nitrogen and oxygen atoms in total. The van der Waals surface area contributed by atoms with E-state index in [4.69, 9.17) is 11.6 Å². The molecular weight excluding hydrogens is 224 g/mol. The average Bonchev–Trinajstić information content (AvgIpc) is 2.14. The van der Waals surface area contributed by atoms with Crippen LogP contribution in [0.25, 0.3) is 0 Å². The number of thioether (sulfide) groups is 1. The average molecular weight is 233 g/mol. The Morgan fingerprint density at radius 2 is 2.43 bits per heavy atom. The molecule has 0 aliphatic rings. The Hall–Kier alpha value is -0.810. The third-order valence-electron chi connectivity index (χ3n) is 1.59. The number of nitrogens with zero attached hydrogens (tertiary/aromatic N) is 2. The van der Waals surface area contributed by atoms with Crippen LogP contribution in [0, 0.1) is 17.0 Å². The summed E-state index contributed by atoms with van der Waals surface area (Å²) in [6, 6.07) is 1.63. The molecule has 14 heavy (non-hydrogen) atoms. The molecule has 0 saturated heterocycles. The molecule has 0 N–H and O–H groups in total. The molecule has 0 aliphatic carbocycles. The maximum Gasteiger partial charge on any atom is 0.304 e. The maximum atomic E-state index is 10.7. The molecule has 0 unspecified atom stereocenters. The number of rotatable bonds is 4. The van der Waals surface area contributed by atoms with Gasteiger partial charge in [-0.2, -0.15) is 0 Å². The van der Waals surface area contributed by atoms with Crippen LogP contribution >= 0.6 is 23.4 Å². The molecule has 0 radical (unpaired) electrons. The highest BCUT2D eigenvalue weighted by atomic mass is 35.5. The van der Waals surface area contributed by atoms with Crippen molar-refractivity contribution in [3.8, 4) is 0 Å². The van der Waals surface area contributed by atoms with Gasteiger partial charge >= 0.3 is 5.69 Å². The predicted molar refractivity (Wildman–Crippen MR) is 57.1 cm³/mol. The first kappa shape index (κ1) is 11.3. The summed E-state index contributed by atoms with van der Waals surface area (Å²) in [4.78, 5) is 14.3. The van der Waals surface area contributed by atoms with Crippen LogP contribution in [-0.4, -0.2) is 21.5 Å². The molecule has 0 fully saturated rings. The smallest absolute Gasteiger partial charge is 0.258 e. The van der Waals surface area contributed by atoms with Gasteiger partial charge in [-0.1, -0.05) is 11.8 Å². The van der Waals surface area contributed by atoms with E-state index in [1.807, 2.05) is 0 Å². The zero-order valence-electron chi connectivity index (χ0n) is 7.57. The van der Waals surface area contributed by atoms with E-state index in [1.165, 1.54) is 11.8 Å². The van der Waals surface area contributed by atoms with Gasteiger partial charge in [0.15, 0.2) is 5.03 Å². The van der Waals surface area contributed by atoms with Gasteiger partial charge in [-0.05, 0) is 13.0 Å². The summed E-state index contributed by atoms with van der Waals surface area (Å²) < 4.78 is 0. The van der Waals surface area contributed by atoms with E-state index < -0.39 is 4.92 Å². The highest BCUT2D eigenvalue weighted by molar-refractivity contribution is 7.99. The fraction of sp³-hybridized carbons (Fsp3) is 0.375. The highest BCUT2D eigenvalue weighted by Crippen LogP contribution is 2.29. The van der Waals surface area contributed by atoms with Crippen LogP contribution in [0.2, 0.25) is 0 Å². The fourth-order valence-electron chi connectivity index (χ4n) is 0.988. The van der Waals surface area contributed by atoms with Gasteiger partial charge < -0.3 is 0 Å². The van der Waals surface area contributed by atoms with Gasteiger partial charge in [0.2, 0.25) is 0 Å². The molecule has 76 valence electrons. The van der Waals surface area contributed by atoms with Gasteiger partial charge in [0.25, 0.3) is 0 Å². The Morgan fingerprint density at radius 3 is 3.00 bits per heavy atom. The molecule has 1 heterocycles. The molecule has 1 rings (SSSR count). The van der Waals surface area contributed by atoms with Crippen molar-refractivity contribution >= 4 is 29.1 Å². The fourth-order valence-corrected chi connectivity index (χ4v) is 2.00. The summed E-state index contributed by atoms with van der Waals surface area (Å²) in [7, 11) is 0. The van der Waals surface area contributed by atoms with Gasteiger partial charge in [-0.15, -0.1) is 11.6 Å². The van der Waals surface area contributed by atoms with E-state index >= 15 is 0 Å². The van der Waals surface area contributed by atoms with Gasteiger partial charge in [0, 0.05) is 23.4 Å². The monoisotopic (exact) mass is 232 g/mol. The van der Waals surface area contributed by atoms with Crippen LogP contribution in [0.1, 0.15) is 5.56 Å². The number of aryl methyl sites for hydroxylation is 1. The molecule has 1 aromatic rings. The number of nitro groups is 1. The van der Waals surface area contributed by atoms with Crippen molar-refractivity contribution in [2.45, 2.75) is 11.9 Å². The number of halogens is 1. The first-order valence-corrected chi connectivity index (χ1v) is 5.47. The molecule has 6 heteroatoms. The van der Waals surface area contributed by atoms with Crippen molar-refractivity contribution in [2.24, 2.45) is 0 Å². The van der Waals surface area contributed by atoms with Crippen LogP contribution in [0.3, 0.4) is 0 Å². The largest absolute Gasteiger partial charge is 0.304 e. The van der Waals surface area contributed by atoms with Crippen molar-refractivity contribution in [3.63, 3.8) is 0 Å². The molecule has 1 aromatic heterocycles. The van der Waals surface area contributed by atoms with Crippen molar-refractivity contribution in [3.05, 3.63) is 27.9 Å². The molecule has 0 spiro atoms. The van der Waals surface area contributed by atoms with E-state index in [1.54, 1.807) is 19.2 Å². The van der Waals surface area contributed by atoms with Gasteiger partial charge in [-0.3, -0.25) is 10.1 Å². The normalized spacial score (nSPS) is 10.1. The quantitative estimate of drug-likeness (QED) is 0.347. The zero-order valence-corrected chi connectivity index (χ0v) is 9.14. The van der Waals surface area contributed by atoms with Crippen molar-refractivity contribution < 1.29 is 4.92 Å². The minimum atomic E-state index is -0.404. The minimum Gasteiger partial charge on any atom is -0.258 e. The molecular formula is C8H9ClN2O2S. The summed E-state index contributed by atoms with van der Waals surface area (Å²) in [5.74, 6) is 1.08. The zero-order chi connectivity index (χ0) is 10.6. The number of hydrogen-bond donors (Lipinski definition) is 0. The van der Waals surface area contributed by atoms with Gasteiger partial charge in [-0.25, -0.2) is 4.98 Å². The van der Waals surface area contributed by atoms with Crippen molar-refractivity contribution in [2.75, 3.05) is 11.6 Å². The van der Waals surface area contributed by atoms with E-state index in [9.17, 15) is 10.1 Å². The Kier molecular flexibility index (Phi) is 4.16. The number of aromatic nitrogens is 1. The standard InChI is InChI=1S/C8H9ClN2O2S/c1-6-2-4-10-8(14-5-3-9)7(6)11(12)13/h2,4H,3,5H2,1H3. The lowest BCUT2D eigenvalue weighted by Crippen LogP contribution is -1.97. The summed E-state index contributed by atoms with van der Waals surface area (Å²) in [5.41, 5.74) is 0.713. The lowest BCUT2D eigenvalue weighted by Gasteiger charge is -2.01. The SMILES string of the molecule is Cc1ccnc(SCCCl)c1[N+](=O)[O-]. The van der Waals surface area contributed by atoms with E-state index in [-0.39, 0.29) is 5.69 Å². The lowest BCUT2D eigenvalue weighted by atomic mass is 10.3. The first-order valence-electron chi connectivity index (χ1n) is 3.95. The van der Waals surface area contributed by atoms with Crippen molar-refractivity contribution in [1.29, 1.82) is 0 Å². The topological polar surface area (TPSA) is 56.0 Å². The molecule has 0 amide bonds. The maximum absolute atomic E-state index is 10.7. The Balaban J connectivity index is 3.02. The first-order chi connectivity index (χ1) is 6.66. The molecule has 0 aromatic carbocycles. The Bertz CT molecular complexity index is 346. The van der Waals surface area contributed by atoms with Crippen LogP contribution in [0.4, 0.5) is 5.69 Å². The lowest BCUT2D eigenvalue weighted by molar-refractivity contribution is -0.388. The van der Waals surface area contributed by atoms with Crippen molar-refractivity contribution in [1.82, 2.24) is 4.98 Å². The van der Waals surface area contributed by atoms with Crippen LogP contribution in [0.5, 0.6) is 0 Å². The van der Waals surface area contributed by atoms with E-state index in [0.29, 0.717) is 22.2 Å². The second-order valence-corrected chi connectivity index (χ2v) is 4.04. The predicted octanol–water partition coefficient (Wildman–Crippen LogP) is 2.63. The minimum absolute atomic E-state index is 0.0858. The Labute approximate surface area is 90.8 Å². The number of pyridine rings is 1. The summed E-state index contributed by atoms with van der Waals surface area (Å²) in [6.07, 6.45) is 1.57. The Morgan fingerprint density at radius 1 is 1.71 bits per heavy atom. The van der Waals surface area contributed by atoms with Gasteiger partial charge in [0.1, 0.15) is 0 Å². The third-order valence-corrected chi connectivity index (χ3v) is 2.98. The molecule has 0 aliphatic heterocycles. The van der Waals surface area contributed by atoms with Crippen LogP contribution in [0.15, 0.2) is 17.3 Å². The molecule has 0 bridgehead atoms. The molecule has 0 atom stereocenters. The number of hydrogen-bond acceptors (Lipinski definition) is 4. The second kappa shape index (κ2) is 5.17. The second-order valence-electron chi connectivity index (χ2n) is 2.58. The summed E-state index contributed by atoms with van der Waals surface area (Å²) in [5, 5.41) is 11.2. The van der Waals surface area contributed by atoms with Crippen LogP contribution in [-0.2, 0) is 0 Å². The number of alkyl halides is 1. The van der Waals surface area contributed by atoms with E-state index in [2.05, 4.69) is 4.98 Å². The summed E-state index contributed by atoms with van der Waals surface area (Å²) in [6.45, 7) is 1.70. The highest BCUT2D eigenvalue weighted by Gasteiger charge is 2.18. The third kappa shape index (κ3) is 2.59. The molecule has 0 saturated carbocycles. The van der Waals surface area contributed by atoms with E-state index in [0.717, 1.165) is 0 Å². The summed E-state index contributed by atoms with van der Waals surface area (Å²) >= 11 is 6.81. The van der Waals surface area contributed by atoms with Gasteiger partial charge in [0.05, 0.1) is 4.92 Å². The van der Waals surface area contributed by atoms with Crippen LogP contribution < -0.4 is 0 Å².